The molecule has 0 amide bonds. The van der Waals surface area contributed by atoms with Gasteiger partial charge in [-0.1, -0.05) is 126 Å². The van der Waals surface area contributed by atoms with Crippen molar-refractivity contribution in [1.29, 1.82) is 0 Å². The molecule has 0 N–H and O–H groups in total. The monoisotopic (exact) mass is 420 g/mol. The summed E-state index contributed by atoms with van der Waals surface area (Å²) in [6.07, 6.45) is 1.07. The zero-order chi connectivity index (χ0) is 24.0. The van der Waals surface area contributed by atoms with Gasteiger partial charge in [-0.2, -0.15) is 0 Å². The van der Waals surface area contributed by atoms with Crippen LogP contribution >= 0.6 is 0 Å². The molecule has 0 heterocycles. The molecule has 0 aromatic heterocycles. The van der Waals surface area contributed by atoms with Crippen LogP contribution in [0.1, 0.15) is 129 Å². The van der Waals surface area contributed by atoms with E-state index in [1.807, 2.05) is 0 Å². The molecule has 0 aliphatic carbocycles. The number of benzene rings is 2. The van der Waals surface area contributed by atoms with Gasteiger partial charge in [0.25, 0.3) is 0 Å². The Morgan fingerprint density at radius 2 is 1.00 bits per heavy atom. The minimum Gasteiger partial charge on any atom is -0.0620 e. The first-order valence-corrected chi connectivity index (χ1v) is 12.1. The van der Waals surface area contributed by atoms with Crippen LogP contribution in [0.5, 0.6) is 0 Å². The van der Waals surface area contributed by atoms with Crippen LogP contribution in [0.2, 0.25) is 0 Å². The Morgan fingerprint density at radius 1 is 0.581 bits per heavy atom. The summed E-state index contributed by atoms with van der Waals surface area (Å²) in [6.45, 7) is 30.7. The Kier molecular flexibility index (Phi) is 6.98. The van der Waals surface area contributed by atoms with Gasteiger partial charge in [-0.15, -0.1) is 0 Å². The van der Waals surface area contributed by atoms with Crippen LogP contribution in [0.15, 0.2) is 36.4 Å². The lowest BCUT2D eigenvalue weighted by molar-refractivity contribution is 0.496. The lowest BCUT2D eigenvalue weighted by Gasteiger charge is -2.37. The van der Waals surface area contributed by atoms with Gasteiger partial charge in [0.2, 0.25) is 0 Å². The van der Waals surface area contributed by atoms with Crippen LogP contribution in [0, 0.1) is 0 Å². The first-order chi connectivity index (χ1) is 13.8. The van der Waals surface area contributed by atoms with E-state index in [2.05, 4.69) is 126 Å². The molecule has 0 saturated heterocycles. The third-order valence-electron chi connectivity index (χ3n) is 6.41. The van der Waals surface area contributed by atoms with E-state index in [-0.39, 0.29) is 21.7 Å². The lowest BCUT2D eigenvalue weighted by atomic mass is 9.67. The summed E-state index contributed by atoms with van der Waals surface area (Å²) in [5.41, 5.74) is 9.51. The maximum Gasteiger partial charge on any atom is -0.0126 e. The molecule has 1 unspecified atom stereocenters. The summed E-state index contributed by atoms with van der Waals surface area (Å²) >= 11 is 0. The number of hydrogen-bond acceptors (Lipinski definition) is 0. The normalized spacial score (nSPS) is 14.6. The van der Waals surface area contributed by atoms with Gasteiger partial charge in [0.05, 0.1) is 0 Å². The first kappa shape index (κ1) is 25.7. The Bertz CT molecular complexity index is 864. The molecule has 0 nitrogen and oxygen atoms in total. The summed E-state index contributed by atoms with van der Waals surface area (Å²) in [5.74, 6) is 0.483. The van der Waals surface area contributed by atoms with E-state index in [0.29, 0.717) is 5.92 Å². The zero-order valence-electron chi connectivity index (χ0n) is 22.7. The van der Waals surface area contributed by atoms with Crippen molar-refractivity contribution in [3.8, 4) is 0 Å². The van der Waals surface area contributed by atoms with Crippen LogP contribution < -0.4 is 0 Å². The Hall–Kier alpha value is -1.56. The highest BCUT2D eigenvalue weighted by molar-refractivity contribution is 5.50. The van der Waals surface area contributed by atoms with Crippen molar-refractivity contribution >= 4 is 0 Å². The molecule has 31 heavy (non-hydrogen) atoms. The topological polar surface area (TPSA) is 0 Å². The summed E-state index contributed by atoms with van der Waals surface area (Å²) in [6, 6.07) is 14.1. The molecule has 0 aliphatic rings. The van der Waals surface area contributed by atoms with Crippen molar-refractivity contribution in [3.63, 3.8) is 0 Å². The van der Waals surface area contributed by atoms with Crippen molar-refractivity contribution in [2.24, 2.45) is 0 Å². The second-order valence-electron chi connectivity index (χ2n) is 13.8. The predicted molar refractivity (Wildman–Crippen MR) is 140 cm³/mol. The van der Waals surface area contributed by atoms with Gasteiger partial charge in [0.15, 0.2) is 0 Å². The molecule has 0 radical (unpaired) electrons. The van der Waals surface area contributed by atoms with Crippen molar-refractivity contribution in [1.82, 2.24) is 0 Å². The highest BCUT2D eigenvalue weighted by Crippen LogP contribution is 2.42. The van der Waals surface area contributed by atoms with Gasteiger partial charge < -0.3 is 0 Å². The van der Waals surface area contributed by atoms with Crippen LogP contribution in [0.25, 0.3) is 0 Å². The molecule has 0 aliphatic heterocycles. The van der Waals surface area contributed by atoms with Gasteiger partial charge >= 0.3 is 0 Å². The number of hydrogen-bond donors (Lipinski definition) is 0. The molecule has 2 aromatic rings. The standard InChI is InChI=1S/C31H48/c1-21(23-16-14-15-17-24(23)28(2,3)4)18-22-19-25(29(5,6)7)27(31(11,12)13)26(20-22)30(8,9)10/h14-17,19-21H,18H2,1-13H3. The molecule has 0 bridgehead atoms. The molecule has 0 fully saturated rings. The summed E-state index contributed by atoms with van der Waals surface area (Å²) in [7, 11) is 0. The van der Waals surface area contributed by atoms with Crippen LogP contribution in [0.4, 0.5) is 0 Å². The average molecular weight is 421 g/mol. The van der Waals surface area contributed by atoms with Crippen LogP contribution in [-0.4, -0.2) is 0 Å². The third-order valence-corrected chi connectivity index (χ3v) is 6.41. The van der Waals surface area contributed by atoms with E-state index < -0.39 is 0 Å². The third kappa shape index (κ3) is 6.03. The summed E-state index contributed by atoms with van der Waals surface area (Å²) < 4.78 is 0. The maximum atomic E-state index is 2.52. The smallest absolute Gasteiger partial charge is 0.0126 e. The van der Waals surface area contributed by atoms with E-state index in [1.54, 1.807) is 5.56 Å². The molecular weight excluding hydrogens is 372 g/mol. The first-order valence-electron chi connectivity index (χ1n) is 12.1. The zero-order valence-corrected chi connectivity index (χ0v) is 22.7. The molecule has 0 spiro atoms. The maximum absolute atomic E-state index is 2.52. The van der Waals surface area contributed by atoms with Crippen molar-refractivity contribution in [3.05, 3.63) is 69.8 Å². The number of rotatable bonds is 3. The average Bonchev–Trinajstić information content (AvgIpc) is 2.57. The predicted octanol–water partition coefficient (Wildman–Crippen LogP) is 9.22. The Balaban J connectivity index is 2.67. The van der Waals surface area contributed by atoms with E-state index in [0.717, 1.165) is 6.42 Å². The van der Waals surface area contributed by atoms with Crippen molar-refractivity contribution in [2.75, 3.05) is 0 Å². The van der Waals surface area contributed by atoms with Gasteiger partial charge in [0.1, 0.15) is 0 Å². The fourth-order valence-electron chi connectivity index (χ4n) is 4.88. The summed E-state index contributed by atoms with van der Waals surface area (Å²) in [5, 5.41) is 0. The minimum absolute atomic E-state index is 0.116. The van der Waals surface area contributed by atoms with Gasteiger partial charge in [-0.25, -0.2) is 0 Å². The minimum atomic E-state index is 0.116. The van der Waals surface area contributed by atoms with E-state index in [1.165, 1.54) is 27.8 Å². The van der Waals surface area contributed by atoms with Gasteiger partial charge in [-0.05, 0) is 67.4 Å². The van der Waals surface area contributed by atoms with Crippen molar-refractivity contribution in [2.45, 2.75) is 124 Å². The molecule has 172 valence electrons. The van der Waals surface area contributed by atoms with Crippen molar-refractivity contribution < 1.29 is 0 Å². The fourth-order valence-corrected chi connectivity index (χ4v) is 4.88. The van der Waals surface area contributed by atoms with Gasteiger partial charge in [0, 0.05) is 0 Å². The highest BCUT2D eigenvalue weighted by Gasteiger charge is 2.32. The molecular formula is C31H48. The molecule has 1 atom stereocenters. The lowest BCUT2D eigenvalue weighted by Crippen LogP contribution is -2.28. The van der Waals surface area contributed by atoms with E-state index in [4.69, 9.17) is 0 Å². The second kappa shape index (κ2) is 8.42. The SMILES string of the molecule is CC(Cc1cc(C(C)(C)C)c(C(C)(C)C)c(C(C)(C)C)c1)c1ccccc1C(C)(C)C. The molecule has 2 rings (SSSR count). The molecule has 0 heteroatoms. The highest BCUT2D eigenvalue weighted by atomic mass is 14.4. The molecule has 2 aromatic carbocycles. The second-order valence-corrected chi connectivity index (χ2v) is 13.8. The Labute approximate surface area is 193 Å². The largest absolute Gasteiger partial charge is 0.0620 e. The fraction of sp³-hybridized carbons (Fsp3) is 0.613. The molecule has 0 saturated carbocycles. The van der Waals surface area contributed by atoms with E-state index in [9.17, 15) is 0 Å². The van der Waals surface area contributed by atoms with Gasteiger partial charge in [-0.3, -0.25) is 0 Å². The summed E-state index contributed by atoms with van der Waals surface area (Å²) in [4.78, 5) is 0. The van der Waals surface area contributed by atoms with Crippen LogP contribution in [0.3, 0.4) is 0 Å². The Morgan fingerprint density at radius 3 is 1.39 bits per heavy atom. The quantitative estimate of drug-likeness (QED) is 0.464. The van der Waals surface area contributed by atoms with Crippen LogP contribution in [-0.2, 0) is 28.1 Å². The van der Waals surface area contributed by atoms with E-state index >= 15 is 0 Å².